The van der Waals surface area contributed by atoms with Crippen LogP contribution in [0.2, 0.25) is 5.02 Å². The molecule has 3 aromatic rings. The van der Waals surface area contributed by atoms with Crippen molar-refractivity contribution in [3.63, 3.8) is 0 Å². The first-order chi connectivity index (χ1) is 16.6. The van der Waals surface area contributed by atoms with Gasteiger partial charge in [0, 0.05) is 36.8 Å². The highest BCUT2D eigenvalue weighted by atomic mass is 35.5. The van der Waals surface area contributed by atoms with Crippen LogP contribution < -0.4 is 15.8 Å². The van der Waals surface area contributed by atoms with Crippen molar-refractivity contribution >= 4 is 40.6 Å². The van der Waals surface area contributed by atoms with Crippen molar-refractivity contribution in [1.82, 2.24) is 14.7 Å². The lowest BCUT2D eigenvalue weighted by Crippen LogP contribution is -2.49. The standard InChI is InChI=1S/C25H26ClN5O2S/c1-2-16-34-22-11-7-6-10-20(22)28-23(32)18-29-12-14-30(15-13-29)21-17-27-31(25(33)24(21)26)19-8-4-3-5-9-19/h2-11,17H,1,12-16,18H2,(H,28,32). The molecule has 1 fully saturated rings. The first-order valence-corrected chi connectivity index (χ1v) is 12.4. The van der Waals surface area contributed by atoms with Crippen molar-refractivity contribution in [3.8, 4) is 5.69 Å². The Labute approximate surface area is 208 Å². The van der Waals surface area contributed by atoms with E-state index in [1.54, 1.807) is 18.0 Å². The zero-order chi connectivity index (χ0) is 23.9. The van der Waals surface area contributed by atoms with Crippen molar-refractivity contribution in [2.45, 2.75) is 4.90 Å². The Balaban J connectivity index is 1.35. The van der Waals surface area contributed by atoms with Crippen LogP contribution in [-0.2, 0) is 4.79 Å². The molecular weight excluding hydrogens is 470 g/mol. The van der Waals surface area contributed by atoms with Crippen LogP contribution in [0.4, 0.5) is 11.4 Å². The lowest BCUT2D eigenvalue weighted by molar-refractivity contribution is -0.117. The maximum atomic E-state index is 12.8. The van der Waals surface area contributed by atoms with Crippen LogP contribution in [-0.4, -0.2) is 59.1 Å². The maximum Gasteiger partial charge on any atom is 0.292 e. The molecule has 1 aromatic heterocycles. The van der Waals surface area contributed by atoms with E-state index in [1.807, 2.05) is 65.6 Å². The summed E-state index contributed by atoms with van der Waals surface area (Å²) in [6.07, 6.45) is 3.48. The average molecular weight is 496 g/mol. The number of carbonyl (C=O) groups is 1. The summed E-state index contributed by atoms with van der Waals surface area (Å²) >= 11 is 8.08. The highest BCUT2D eigenvalue weighted by Gasteiger charge is 2.23. The van der Waals surface area contributed by atoms with Gasteiger partial charge in [-0.2, -0.15) is 9.78 Å². The smallest absolute Gasteiger partial charge is 0.292 e. The fourth-order valence-corrected chi connectivity index (χ4v) is 4.78. The molecule has 1 aliphatic rings. The summed E-state index contributed by atoms with van der Waals surface area (Å²) in [4.78, 5) is 30.6. The van der Waals surface area contributed by atoms with E-state index >= 15 is 0 Å². The quantitative estimate of drug-likeness (QED) is 0.377. The molecule has 1 amide bonds. The van der Waals surface area contributed by atoms with Gasteiger partial charge >= 0.3 is 0 Å². The summed E-state index contributed by atoms with van der Waals surface area (Å²) in [6, 6.07) is 17.0. The van der Waals surface area contributed by atoms with Gasteiger partial charge in [0.1, 0.15) is 5.02 Å². The third-order valence-corrected chi connectivity index (χ3v) is 6.92. The van der Waals surface area contributed by atoms with Gasteiger partial charge in [0.25, 0.3) is 5.56 Å². The molecule has 0 radical (unpaired) electrons. The summed E-state index contributed by atoms with van der Waals surface area (Å²) in [5.74, 6) is 0.729. The molecule has 2 aromatic carbocycles. The zero-order valence-electron chi connectivity index (χ0n) is 18.7. The van der Waals surface area contributed by atoms with Gasteiger partial charge in [-0.3, -0.25) is 14.5 Å². The summed E-state index contributed by atoms with van der Waals surface area (Å²) in [5, 5.41) is 7.50. The first kappa shape index (κ1) is 24.1. The van der Waals surface area contributed by atoms with Gasteiger partial charge in [-0.05, 0) is 24.3 Å². The number of hydrogen-bond acceptors (Lipinski definition) is 6. The van der Waals surface area contributed by atoms with Crippen LogP contribution in [0, 0.1) is 0 Å². The largest absolute Gasteiger partial charge is 0.366 e. The van der Waals surface area contributed by atoms with E-state index in [1.165, 1.54) is 4.68 Å². The van der Waals surface area contributed by atoms with Crippen molar-refractivity contribution in [3.05, 3.63) is 88.8 Å². The van der Waals surface area contributed by atoms with E-state index in [0.29, 0.717) is 44.1 Å². The number of thioether (sulfide) groups is 1. The Morgan fingerprint density at radius 2 is 1.79 bits per heavy atom. The molecule has 1 saturated heterocycles. The van der Waals surface area contributed by atoms with E-state index in [0.717, 1.165) is 16.3 Å². The van der Waals surface area contributed by atoms with E-state index in [9.17, 15) is 9.59 Å². The number of amides is 1. The third kappa shape index (κ3) is 5.70. The molecule has 0 spiro atoms. The van der Waals surface area contributed by atoms with E-state index in [2.05, 4.69) is 21.9 Å². The number of halogens is 1. The average Bonchev–Trinajstić information content (AvgIpc) is 2.86. The second-order valence-corrected chi connectivity index (χ2v) is 9.24. The predicted molar refractivity (Wildman–Crippen MR) is 139 cm³/mol. The Morgan fingerprint density at radius 1 is 1.09 bits per heavy atom. The Bertz CT molecular complexity index is 1210. The van der Waals surface area contributed by atoms with Gasteiger partial charge in [0.2, 0.25) is 5.91 Å². The molecule has 1 N–H and O–H groups in total. The Hall–Kier alpha value is -3.07. The van der Waals surface area contributed by atoms with Crippen LogP contribution in [0.3, 0.4) is 0 Å². The molecule has 0 aliphatic carbocycles. The Kier molecular flexibility index (Phi) is 8.05. The van der Waals surface area contributed by atoms with Gasteiger partial charge in [-0.25, -0.2) is 0 Å². The molecule has 7 nitrogen and oxygen atoms in total. The van der Waals surface area contributed by atoms with E-state index in [4.69, 9.17) is 11.6 Å². The minimum absolute atomic E-state index is 0.0507. The van der Waals surface area contributed by atoms with Gasteiger partial charge in [0.05, 0.1) is 29.8 Å². The minimum Gasteiger partial charge on any atom is -0.366 e. The van der Waals surface area contributed by atoms with Crippen molar-refractivity contribution in [2.75, 3.05) is 48.7 Å². The normalized spacial score (nSPS) is 14.1. The molecule has 1 aliphatic heterocycles. The predicted octanol–water partition coefficient (Wildman–Crippen LogP) is 3.92. The fourth-order valence-electron chi connectivity index (χ4n) is 3.78. The summed E-state index contributed by atoms with van der Waals surface area (Å²) < 4.78 is 1.30. The molecule has 0 saturated carbocycles. The maximum absolute atomic E-state index is 12.8. The molecule has 2 heterocycles. The van der Waals surface area contributed by atoms with Crippen LogP contribution in [0.5, 0.6) is 0 Å². The number of hydrogen-bond donors (Lipinski definition) is 1. The number of anilines is 2. The molecular formula is C25H26ClN5O2S. The zero-order valence-corrected chi connectivity index (χ0v) is 20.3. The monoisotopic (exact) mass is 495 g/mol. The molecule has 34 heavy (non-hydrogen) atoms. The summed E-state index contributed by atoms with van der Waals surface area (Å²) in [5.41, 5.74) is 1.76. The molecule has 4 rings (SSSR count). The van der Waals surface area contributed by atoms with Gasteiger partial charge in [-0.15, -0.1) is 18.3 Å². The van der Waals surface area contributed by atoms with Crippen molar-refractivity contribution < 1.29 is 4.79 Å². The SMILES string of the molecule is C=CCSc1ccccc1NC(=O)CN1CCN(c2cnn(-c3ccccc3)c(=O)c2Cl)CC1. The second kappa shape index (κ2) is 11.4. The molecule has 9 heteroatoms. The number of benzene rings is 2. The molecule has 0 unspecified atom stereocenters. The number of rotatable bonds is 8. The molecule has 176 valence electrons. The van der Waals surface area contributed by atoms with E-state index in [-0.39, 0.29) is 16.5 Å². The van der Waals surface area contributed by atoms with Gasteiger partial charge in [0.15, 0.2) is 0 Å². The number of piperazine rings is 1. The summed E-state index contributed by atoms with van der Waals surface area (Å²) in [6.45, 7) is 6.71. The van der Waals surface area contributed by atoms with Crippen LogP contribution in [0.15, 0.2) is 83.1 Å². The first-order valence-electron chi connectivity index (χ1n) is 11.0. The topological polar surface area (TPSA) is 70.5 Å². The van der Waals surface area contributed by atoms with Gasteiger partial charge in [-0.1, -0.05) is 48.0 Å². The van der Waals surface area contributed by atoms with Crippen molar-refractivity contribution in [1.29, 1.82) is 0 Å². The van der Waals surface area contributed by atoms with Crippen molar-refractivity contribution in [2.24, 2.45) is 0 Å². The second-order valence-electron chi connectivity index (χ2n) is 7.80. The van der Waals surface area contributed by atoms with Gasteiger partial charge < -0.3 is 10.2 Å². The molecule has 0 bridgehead atoms. The summed E-state index contributed by atoms with van der Waals surface area (Å²) in [7, 11) is 0. The molecule has 0 atom stereocenters. The lowest BCUT2D eigenvalue weighted by Gasteiger charge is -2.35. The van der Waals surface area contributed by atoms with Crippen LogP contribution >= 0.6 is 23.4 Å². The number of nitrogens with zero attached hydrogens (tertiary/aromatic N) is 4. The van der Waals surface area contributed by atoms with Crippen LogP contribution in [0.1, 0.15) is 0 Å². The number of aromatic nitrogens is 2. The number of carbonyl (C=O) groups excluding carboxylic acids is 1. The minimum atomic E-state index is -0.347. The highest BCUT2D eigenvalue weighted by Crippen LogP contribution is 2.27. The number of para-hydroxylation sites is 2. The lowest BCUT2D eigenvalue weighted by atomic mass is 10.2. The third-order valence-electron chi connectivity index (χ3n) is 5.50. The highest BCUT2D eigenvalue weighted by molar-refractivity contribution is 7.99. The fraction of sp³-hybridized carbons (Fsp3) is 0.240. The Morgan fingerprint density at radius 3 is 2.53 bits per heavy atom. The number of nitrogens with one attached hydrogen (secondary N) is 1. The van der Waals surface area contributed by atoms with E-state index < -0.39 is 0 Å². The van der Waals surface area contributed by atoms with Crippen LogP contribution in [0.25, 0.3) is 5.69 Å².